The average Bonchev–Trinajstić information content (AvgIpc) is 2.08. The van der Waals surface area contributed by atoms with Crippen LogP contribution in [0.5, 0.6) is 0 Å². The first-order valence-corrected chi connectivity index (χ1v) is 3.06. The molecule has 51 valence electrons. The van der Waals surface area contributed by atoms with Gasteiger partial charge in [0, 0.05) is 5.41 Å². The molecule has 0 fully saturated rings. The van der Waals surface area contributed by atoms with Gasteiger partial charge in [0.2, 0.25) is 0 Å². The Morgan fingerprint density at radius 1 is 1.44 bits per heavy atom. The molecule has 0 atom stereocenters. The third-order valence-electron chi connectivity index (χ3n) is 0.774. The van der Waals surface area contributed by atoms with E-state index in [-0.39, 0.29) is 0 Å². The van der Waals surface area contributed by atoms with Crippen molar-refractivity contribution in [3.8, 4) is 0 Å². The minimum absolute atomic E-state index is 0.688. The summed E-state index contributed by atoms with van der Waals surface area (Å²) in [7, 11) is 0. The van der Waals surface area contributed by atoms with E-state index in [9.17, 15) is 13.2 Å². The van der Waals surface area contributed by atoms with Crippen molar-refractivity contribution in [3.05, 3.63) is 17.0 Å². The maximum Gasteiger partial charge on any atom is 0.431 e. The van der Waals surface area contributed by atoms with E-state index < -0.39 is 11.9 Å². The predicted octanol–water partition coefficient (Wildman–Crippen LogP) is 1.85. The smallest absolute Gasteiger partial charge is 0.366 e. The summed E-state index contributed by atoms with van der Waals surface area (Å²) in [6.45, 7) is 0. The Balaban J connectivity index is 2.61. The highest BCUT2D eigenvalue weighted by Crippen LogP contribution is 2.30. The van der Waals surface area contributed by atoms with Gasteiger partial charge in [-0.1, -0.05) is 0 Å². The van der Waals surface area contributed by atoms with Crippen LogP contribution in [0.1, 0.15) is 0 Å². The molecule has 1 N–H and O–H groups in total. The van der Waals surface area contributed by atoms with E-state index >= 15 is 0 Å². The normalized spacial score (nSPS) is 19.2. The molecule has 0 spiro atoms. The fraction of sp³-hybridized carbons (Fsp3) is 0.250. The lowest BCUT2D eigenvalue weighted by atomic mass is 10.5. The van der Waals surface area contributed by atoms with Gasteiger partial charge in [0.1, 0.15) is 11.6 Å². The number of thioether (sulfide) groups is 1. The van der Waals surface area contributed by atoms with Crippen LogP contribution in [0.25, 0.3) is 0 Å². The average molecular weight is 154 g/mol. The number of nitrogens with one attached hydrogen (secondary N) is 1. The van der Waals surface area contributed by atoms with E-state index in [1.807, 2.05) is 0 Å². The van der Waals surface area contributed by atoms with E-state index in [0.717, 1.165) is 17.2 Å². The summed E-state index contributed by atoms with van der Waals surface area (Å²) in [6, 6.07) is 0. The van der Waals surface area contributed by atoms with Gasteiger partial charge < -0.3 is 5.32 Å². The van der Waals surface area contributed by atoms with Crippen molar-refractivity contribution < 1.29 is 13.2 Å². The van der Waals surface area contributed by atoms with Gasteiger partial charge >= 0.3 is 6.18 Å². The van der Waals surface area contributed by atoms with E-state index in [1.54, 1.807) is 0 Å². The Morgan fingerprint density at radius 2 is 2.11 bits per heavy atom. The third-order valence-corrected chi connectivity index (χ3v) is 1.40. The Bertz CT molecular complexity index is 139. The standard InChI is InChI=1S/C4H3F3NS/c5-4(6,7)3-1-9-2-8-3/h1-2,8H. The maximum atomic E-state index is 11.6. The molecule has 1 radical (unpaired) electrons. The summed E-state index contributed by atoms with van der Waals surface area (Å²) in [6.07, 6.45) is -4.22. The molecule has 9 heavy (non-hydrogen) atoms. The zero-order valence-corrected chi connectivity index (χ0v) is 5.01. The van der Waals surface area contributed by atoms with Crippen molar-refractivity contribution in [2.75, 3.05) is 0 Å². The van der Waals surface area contributed by atoms with Crippen molar-refractivity contribution in [1.82, 2.24) is 5.32 Å². The van der Waals surface area contributed by atoms with Crippen molar-refractivity contribution in [3.63, 3.8) is 0 Å². The van der Waals surface area contributed by atoms with E-state index in [2.05, 4.69) is 5.32 Å². The number of allylic oxidation sites excluding steroid dienone is 1. The highest BCUT2D eigenvalue weighted by molar-refractivity contribution is 8.04. The molecule has 0 bridgehead atoms. The largest absolute Gasteiger partial charge is 0.431 e. The molecule has 5 heteroatoms. The second kappa shape index (κ2) is 2.13. The van der Waals surface area contributed by atoms with E-state index in [4.69, 9.17) is 0 Å². The second-order valence-corrected chi connectivity index (χ2v) is 2.17. The van der Waals surface area contributed by atoms with E-state index in [1.165, 1.54) is 5.88 Å². The molecule has 0 amide bonds. The fourth-order valence-corrected chi connectivity index (χ4v) is 0.983. The van der Waals surface area contributed by atoms with Crippen LogP contribution in [0, 0.1) is 5.88 Å². The summed E-state index contributed by atoms with van der Waals surface area (Å²) >= 11 is 0.991. The molecule has 0 aromatic carbocycles. The molecule has 0 aromatic rings. The highest BCUT2D eigenvalue weighted by Gasteiger charge is 2.35. The second-order valence-electron chi connectivity index (χ2n) is 1.43. The molecule has 1 heterocycles. The molecule has 1 nitrogen and oxygen atoms in total. The Labute approximate surface area is 54.3 Å². The number of hydrogen-bond acceptors (Lipinski definition) is 2. The van der Waals surface area contributed by atoms with Crippen LogP contribution in [0.15, 0.2) is 11.1 Å². The zero-order chi connectivity index (χ0) is 6.91. The van der Waals surface area contributed by atoms with Gasteiger partial charge in [-0.3, -0.25) is 0 Å². The van der Waals surface area contributed by atoms with Gasteiger partial charge in [-0.15, -0.1) is 11.8 Å². The first-order valence-electron chi connectivity index (χ1n) is 2.12. The van der Waals surface area contributed by atoms with Crippen LogP contribution in [-0.4, -0.2) is 6.18 Å². The van der Waals surface area contributed by atoms with Gasteiger partial charge in [-0.2, -0.15) is 13.2 Å². The zero-order valence-electron chi connectivity index (χ0n) is 4.20. The van der Waals surface area contributed by atoms with Crippen molar-refractivity contribution in [2.45, 2.75) is 6.18 Å². The topological polar surface area (TPSA) is 12.0 Å². The molecular formula is C4H3F3NS. The summed E-state index contributed by atoms with van der Waals surface area (Å²) < 4.78 is 34.8. The quantitative estimate of drug-likeness (QED) is 0.571. The molecule has 0 unspecified atom stereocenters. The summed E-state index contributed by atoms with van der Waals surface area (Å²) in [5.74, 6) is 1.28. The van der Waals surface area contributed by atoms with Gasteiger partial charge in [-0.05, 0) is 0 Å². The highest BCUT2D eigenvalue weighted by atomic mass is 32.2. The molecule has 1 aliphatic heterocycles. The van der Waals surface area contributed by atoms with Crippen molar-refractivity contribution >= 4 is 11.8 Å². The number of alkyl halides is 3. The number of rotatable bonds is 0. The van der Waals surface area contributed by atoms with Crippen LogP contribution in [0.3, 0.4) is 0 Å². The van der Waals surface area contributed by atoms with Gasteiger partial charge in [0.05, 0.1) is 0 Å². The van der Waals surface area contributed by atoms with Crippen molar-refractivity contribution in [2.24, 2.45) is 0 Å². The SMILES string of the molecule is FC(F)(F)C1=CS[CH]N1. The Morgan fingerprint density at radius 3 is 2.33 bits per heavy atom. The molecule has 0 saturated carbocycles. The Kier molecular flexibility index (Phi) is 1.61. The van der Waals surface area contributed by atoms with Gasteiger partial charge in [0.25, 0.3) is 0 Å². The Hall–Kier alpha value is -0.320. The predicted molar refractivity (Wildman–Crippen MR) is 29.2 cm³/mol. The number of hydrogen-bond donors (Lipinski definition) is 1. The number of halogens is 3. The molecule has 0 aliphatic carbocycles. The minimum atomic E-state index is -4.22. The fourth-order valence-electron chi connectivity index (χ4n) is 0.382. The van der Waals surface area contributed by atoms with Gasteiger partial charge in [-0.25, -0.2) is 0 Å². The van der Waals surface area contributed by atoms with Crippen molar-refractivity contribution in [1.29, 1.82) is 0 Å². The molecular weight excluding hydrogens is 151 g/mol. The molecule has 1 aliphatic rings. The molecule has 1 rings (SSSR count). The third kappa shape index (κ3) is 1.54. The molecule has 0 aromatic heterocycles. The first-order chi connectivity index (χ1) is 4.11. The summed E-state index contributed by atoms with van der Waals surface area (Å²) in [4.78, 5) is 0. The molecule has 0 saturated heterocycles. The van der Waals surface area contributed by atoms with Gasteiger partial charge in [0.15, 0.2) is 0 Å². The summed E-state index contributed by atoms with van der Waals surface area (Å²) in [5, 5.41) is 3.10. The minimum Gasteiger partial charge on any atom is -0.366 e. The first kappa shape index (κ1) is 6.80. The van der Waals surface area contributed by atoms with E-state index in [0.29, 0.717) is 0 Å². The lowest BCUT2D eigenvalue weighted by Gasteiger charge is -2.05. The van der Waals surface area contributed by atoms with Crippen LogP contribution >= 0.6 is 11.8 Å². The maximum absolute atomic E-state index is 11.6. The lowest BCUT2D eigenvalue weighted by molar-refractivity contribution is -0.0950. The lowest BCUT2D eigenvalue weighted by Crippen LogP contribution is -2.20. The van der Waals surface area contributed by atoms with Crippen LogP contribution in [0.4, 0.5) is 13.2 Å². The monoisotopic (exact) mass is 154 g/mol. The summed E-state index contributed by atoms with van der Waals surface area (Å²) in [5.41, 5.74) is -0.688. The van der Waals surface area contributed by atoms with Crippen LogP contribution in [0.2, 0.25) is 0 Å². The van der Waals surface area contributed by atoms with Crippen LogP contribution in [-0.2, 0) is 0 Å². The van der Waals surface area contributed by atoms with Crippen LogP contribution < -0.4 is 5.32 Å².